The summed E-state index contributed by atoms with van der Waals surface area (Å²) in [6, 6.07) is 12.4. The Morgan fingerprint density at radius 1 is 1.26 bits per heavy atom. The van der Waals surface area contributed by atoms with Gasteiger partial charge in [0.15, 0.2) is 0 Å². The van der Waals surface area contributed by atoms with Crippen LogP contribution in [0.4, 0.5) is 5.69 Å². The molecule has 122 valence electrons. The molecule has 6 heteroatoms. The van der Waals surface area contributed by atoms with Crippen LogP contribution in [0.2, 0.25) is 5.02 Å². The number of benzene rings is 2. The summed E-state index contributed by atoms with van der Waals surface area (Å²) in [6.45, 7) is 2.20. The normalized spacial score (nSPS) is 17.9. The summed E-state index contributed by atoms with van der Waals surface area (Å²) in [5.41, 5.74) is 2.86. The van der Waals surface area contributed by atoms with Gasteiger partial charge in [-0.05, 0) is 37.1 Å². The van der Waals surface area contributed by atoms with Gasteiger partial charge in [0.1, 0.15) is 0 Å². The first-order valence-corrected chi connectivity index (χ1v) is 9.39. The second-order valence-electron chi connectivity index (χ2n) is 5.83. The molecule has 0 radical (unpaired) electrons. The van der Waals surface area contributed by atoms with Gasteiger partial charge in [-0.2, -0.15) is 0 Å². The van der Waals surface area contributed by atoms with E-state index >= 15 is 0 Å². The van der Waals surface area contributed by atoms with Gasteiger partial charge in [0.25, 0.3) is 0 Å². The van der Waals surface area contributed by atoms with Gasteiger partial charge in [-0.25, -0.2) is 8.42 Å². The fourth-order valence-electron chi connectivity index (χ4n) is 2.91. The number of aliphatic hydroxyl groups is 1. The Labute approximate surface area is 141 Å². The summed E-state index contributed by atoms with van der Waals surface area (Å²) in [6.07, 6.45) is -0.325. The molecular weight excluding hydrogens is 334 g/mol. The highest BCUT2D eigenvalue weighted by Crippen LogP contribution is 2.37. The van der Waals surface area contributed by atoms with E-state index in [-0.39, 0.29) is 12.3 Å². The molecule has 2 aromatic carbocycles. The molecule has 0 saturated carbocycles. The van der Waals surface area contributed by atoms with E-state index in [0.29, 0.717) is 22.7 Å². The third-order valence-corrected chi connectivity index (χ3v) is 5.97. The van der Waals surface area contributed by atoms with Crippen LogP contribution < -0.4 is 4.31 Å². The molecule has 1 unspecified atom stereocenters. The number of aliphatic hydroxyl groups excluding tert-OH is 1. The summed E-state index contributed by atoms with van der Waals surface area (Å²) >= 11 is 5.97. The molecule has 1 heterocycles. The van der Waals surface area contributed by atoms with Gasteiger partial charge in [0, 0.05) is 17.1 Å². The standard InChI is InChI=1S/C17H18ClNO3S/c1-12-3-2-4-13(9-12)11-23(21,22)19-8-7-17(20)15-10-14(18)5-6-16(15)19/h2-6,9-10,17,20H,7-8,11H2,1H3. The van der Waals surface area contributed by atoms with Gasteiger partial charge < -0.3 is 5.11 Å². The minimum atomic E-state index is -3.52. The van der Waals surface area contributed by atoms with Crippen molar-refractivity contribution in [2.24, 2.45) is 0 Å². The summed E-state index contributed by atoms with van der Waals surface area (Å²) < 4.78 is 27.0. The molecule has 0 fully saturated rings. The highest BCUT2D eigenvalue weighted by atomic mass is 35.5. The largest absolute Gasteiger partial charge is 0.388 e. The molecule has 0 aromatic heterocycles. The Kier molecular flexibility index (Phi) is 4.36. The first-order chi connectivity index (χ1) is 10.9. The monoisotopic (exact) mass is 351 g/mol. The van der Waals surface area contributed by atoms with Crippen molar-refractivity contribution in [1.82, 2.24) is 0 Å². The molecule has 1 atom stereocenters. The van der Waals surface area contributed by atoms with Crippen LogP contribution in [0.3, 0.4) is 0 Å². The maximum absolute atomic E-state index is 12.8. The zero-order valence-corrected chi connectivity index (χ0v) is 14.3. The van der Waals surface area contributed by atoms with E-state index < -0.39 is 16.1 Å². The Morgan fingerprint density at radius 2 is 2.04 bits per heavy atom. The lowest BCUT2D eigenvalue weighted by molar-refractivity contribution is 0.166. The Bertz CT molecular complexity index is 835. The zero-order chi connectivity index (χ0) is 16.6. The van der Waals surface area contributed by atoms with Crippen LogP contribution in [0.25, 0.3) is 0 Å². The van der Waals surface area contributed by atoms with E-state index in [1.807, 2.05) is 31.2 Å². The molecule has 0 aliphatic carbocycles. The smallest absolute Gasteiger partial charge is 0.239 e. The number of rotatable bonds is 3. The van der Waals surface area contributed by atoms with Crippen molar-refractivity contribution in [1.29, 1.82) is 0 Å². The van der Waals surface area contributed by atoms with Crippen LogP contribution >= 0.6 is 11.6 Å². The highest BCUT2D eigenvalue weighted by Gasteiger charge is 2.31. The number of hydrogen-bond donors (Lipinski definition) is 1. The number of anilines is 1. The molecular formula is C17H18ClNO3S. The number of aryl methyl sites for hydroxylation is 1. The SMILES string of the molecule is Cc1cccc(CS(=O)(=O)N2CCC(O)c3cc(Cl)ccc32)c1. The van der Waals surface area contributed by atoms with E-state index in [9.17, 15) is 13.5 Å². The molecule has 3 rings (SSSR count). The molecule has 0 saturated heterocycles. The molecule has 1 N–H and O–H groups in total. The number of hydrogen-bond acceptors (Lipinski definition) is 3. The highest BCUT2D eigenvalue weighted by molar-refractivity contribution is 7.92. The van der Waals surface area contributed by atoms with Gasteiger partial charge in [-0.15, -0.1) is 0 Å². The first kappa shape index (κ1) is 16.3. The van der Waals surface area contributed by atoms with Crippen LogP contribution in [0.1, 0.15) is 29.2 Å². The molecule has 23 heavy (non-hydrogen) atoms. The van der Waals surface area contributed by atoms with Gasteiger partial charge in [-0.3, -0.25) is 4.31 Å². The predicted octanol–water partition coefficient (Wildman–Crippen LogP) is 3.42. The van der Waals surface area contributed by atoms with Gasteiger partial charge in [-0.1, -0.05) is 41.4 Å². The number of sulfonamides is 1. The first-order valence-electron chi connectivity index (χ1n) is 7.40. The van der Waals surface area contributed by atoms with E-state index in [4.69, 9.17) is 11.6 Å². The van der Waals surface area contributed by atoms with Crippen LogP contribution in [0, 0.1) is 6.92 Å². The average molecular weight is 352 g/mol. The van der Waals surface area contributed by atoms with Gasteiger partial charge >= 0.3 is 0 Å². The lowest BCUT2D eigenvalue weighted by Gasteiger charge is -2.33. The molecule has 0 amide bonds. The summed E-state index contributed by atoms with van der Waals surface area (Å²) in [5.74, 6) is -0.0627. The van der Waals surface area contributed by atoms with E-state index in [2.05, 4.69) is 0 Å². The van der Waals surface area contributed by atoms with Gasteiger partial charge in [0.2, 0.25) is 10.0 Å². The summed E-state index contributed by atoms with van der Waals surface area (Å²) in [5, 5.41) is 10.6. The second kappa shape index (κ2) is 6.15. The zero-order valence-electron chi connectivity index (χ0n) is 12.7. The van der Waals surface area contributed by atoms with Crippen LogP contribution in [0.15, 0.2) is 42.5 Å². The van der Waals surface area contributed by atoms with Crippen LogP contribution in [-0.2, 0) is 15.8 Å². The maximum Gasteiger partial charge on any atom is 0.239 e. The molecule has 2 aromatic rings. The van der Waals surface area contributed by atoms with E-state index in [1.54, 1.807) is 18.2 Å². The molecule has 1 aliphatic rings. The van der Waals surface area contributed by atoms with Crippen molar-refractivity contribution in [3.05, 3.63) is 64.2 Å². The Hall–Kier alpha value is -1.56. The van der Waals surface area contributed by atoms with E-state index in [0.717, 1.165) is 11.1 Å². The summed E-state index contributed by atoms with van der Waals surface area (Å²) in [7, 11) is -3.52. The fourth-order valence-corrected chi connectivity index (χ4v) is 4.70. The van der Waals surface area contributed by atoms with Crippen molar-refractivity contribution < 1.29 is 13.5 Å². The number of fused-ring (bicyclic) bond motifs is 1. The lowest BCUT2D eigenvalue weighted by atomic mass is 10.0. The van der Waals surface area contributed by atoms with Crippen molar-refractivity contribution in [3.8, 4) is 0 Å². The lowest BCUT2D eigenvalue weighted by Crippen LogP contribution is -2.37. The number of nitrogens with zero attached hydrogens (tertiary/aromatic N) is 1. The Balaban J connectivity index is 1.97. The topological polar surface area (TPSA) is 57.6 Å². The molecule has 0 bridgehead atoms. The predicted molar refractivity (Wildman–Crippen MR) is 92.2 cm³/mol. The van der Waals surface area contributed by atoms with Crippen molar-refractivity contribution in [3.63, 3.8) is 0 Å². The van der Waals surface area contributed by atoms with Crippen molar-refractivity contribution in [2.75, 3.05) is 10.8 Å². The van der Waals surface area contributed by atoms with Crippen LogP contribution in [0.5, 0.6) is 0 Å². The van der Waals surface area contributed by atoms with Gasteiger partial charge in [0.05, 0.1) is 17.5 Å². The molecule has 4 nitrogen and oxygen atoms in total. The number of halogens is 1. The average Bonchev–Trinajstić information content (AvgIpc) is 2.47. The van der Waals surface area contributed by atoms with Crippen LogP contribution in [-0.4, -0.2) is 20.1 Å². The third-order valence-electron chi connectivity index (χ3n) is 3.99. The molecule has 1 aliphatic heterocycles. The third kappa shape index (κ3) is 3.37. The minimum absolute atomic E-state index is 0.0627. The van der Waals surface area contributed by atoms with Crippen molar-refractivity contribution >= 4 is 27.3 Å². The second-order valence-corrected chi connectivity index (χ2v) is 8.15. The summed E-state index contributed by atoms with van der Waals surface area (Å²) in [4.78, 5) is 0. The molecule has 0 spiro atoms. The van der Waals surface area contributed by atoms with Crippen molar-refractivity contribution in [2.45, 2.75) is 25.2 Å². The maximum atomic E-state index is 12.8. The minimum Gasteiger partial charge on any atom is -0.388 e. The van der Waals surface area contributed by atoms with E-state index in [1.165, 1.54) is 4.31 Å². The fraction of sp³-hybridized carbons (Fsp3) is 0.294. The Morgan fingerprint density at radius 3 is 2.78 bits per heavy atom. The quantitative estimate of drug-likeness (QED) is 0.921.